The molecule has 0 rings (SSSR count). The van der Waals surface area contributed by atoms with Crippen LogP contribution in [-0.2, 0) is 23.9 Å². The maximum atomic E-state index is 11.0. The summed E-state index contributed by atoms with van der Waals surface area (Å²) in [5.41, 5.74) is 0. The lowest BCUT2D eigenvalue weighted by atomic mass is 10.2. The minimum Gasteiger partial charge on any atom is -0.480 e. The molecule has 0 radical (unpaired) electrons. The first kappa shape index (κ1) is 13.4. The average molecular weight is 219 g/mol. The second kappa shape index (κ2) is 6.77. The first-order chi connectivity index (χ1) is 7.01. The highest BCUT2D eigenvalue weighted by Gasteiger charge is 2.23. The van der Waals surface area contributed by atoms with Gasteiger partial charge in [0.05, 0.1) is 13.5 Å². The number of rotatable bonds is 6. The Morgan fingerprint density at radius 2 is 1.93 bits per heavy atom. The largest absolute Gasteiger partial charge is 0.480 e. The Balaban J connectivity index is 4.22. The van der Waals surface area contributed by atoms with Crippen molar-refractivity contribution >= 4 is 17.8 Å². The van der Waals surface area contributed by atoms with Gasteiger partial charge in [0.1, 0.15) is 12.6 Å². The van der Waals surface area contributed by atoms with Gasteiger partial charge < -0.3 is 19.9 Å². The molecule has 0 aliphatic rings. The molecule has 0 saturated carbocycles. The van der Waals surface area contributed by atoms with Crippen molar-refractivity contribution in [1.29, 1.82) is 0 Å². The average Bonchev–Trinajstić information content (AvgIpc) is 2.16. The number of amides is 1. The van der Waals surface area contributed by atoms with Crippen molar-refractivity contribution in [1.82, 2.24) is 5.32 Å². The molecule has 0 spiro atoms. The van der Waals surface area contributed by atoms with Crippen molar-refractivity contribution in [2.24, 2.45) is 0 Å². The van der Waals surface area contributed by atoms with Crippen LogP contribution in [0.1, 0.15) is 6.42 Å². The van der Waals surface area contributed by atoms with Gasteiger partial charge in [-0.25, -0.2) is 4.79 Å². The summed E-state index contributed by atoms with van der Waals surface area (Å²) < 4.78 is 8.78. The van der Waals surface area contributed by atoms with Crippen LogP contribution in [0.4, 0.5) is 0 Å². The zero-order valence-electron chi connectivity index (χ0n) is 8.48. The highest BCUT2D eigenvalue weighted by Crippen LogP contribution is 1.95. The van der Waals surface area contributed by atoms with E-state index in [0.717, 1.165) is 7.11 Å². The lowest BCUT2D eigenvalue weighted by molar-refractivity contribution is -0.149. The van der Waals surface area contributed by atoms with E-state index >= 15 is 0 Å². The molecule has 0 aromatic rings. The Labute approximate surface area is 86.3 Å². The molecule has 7 nitrogen and oxygen atoms in total. The van der Waals surface area contributed by atoms with Crippen molar-refractivity contribution < 1.29 is 29.0 Å². The molecule has 1 amide bonds. The smallest absolute Gasteiger partial charge is 0.326 e. The van der Waals surface area contributed by atoms with Gasteiger partial charge in [-0.2, -0.15) is 0 Å². The number of carbonyl (C=O) groups is 3. The van der Waals surface area contributed by atoms with E-state index in [0.29, 0.717) is 0 Å². The van der Waals surface area contributed by atoms with Crippen LogP contribution in [0.2, 0.25) is 0 Å². The van der Waals surface area contributed by atoms with Gasteiger partial charge in [-0.1, -0.05) is 0 Å². The van der Waals surface area contributed by atoms with Gasteiger partial charge in [0.25, 0.3) is 0 Å². The summed E-state index contributed by atoms with van der Waals surface area (Å²) in [5, 5.41) is 10.8. The molecule has 0 saturated heterocycles. The minimum absolute atomic E-state index is 0.259. The molecule has 7 heteroatoms. The molecule has 0 aromatic heterocycles. The lowest BCUT2D eigenvalue weighted by Crippen LogP contribution is -2.43. The number of carboxylic acid groups (broad SMARTS) is 1. The van der Waals surface area contributed by atoms with Crippen LogP contribution < -0.4 is 5.32 Å². The van der Waals surface area contributed by atoms with Crippen LogP contribution in [-0.4, -0.2) is 49.8 Å². The number of carboxylic acids is 1. The zero-order valence-corrected chi connectivity index (χ0v) is 8.48. The maximum Gasteiger partial charge on any atom is 0.326 e. The third-order valence-corrected chi connectivity index (χ3v) is 1.51. The lowest BCUT2D eigenvalue weighted by Gasteiger charge is -2.12. The van der Waals surface area contributed by atoms with Crippen LogP contribution in [0.3, 0.4) is 0 Å². The van der Waals surface area contributed by atoms with E-state index in [1.165, 1.54) is 7.11 Å². The summed E-state index contributed by atoms with van der Waals surface area (Å²) in [6.45, 7) is -0.259. The Morgan fingerprint density at radius 1 is 1.33 bits per heavy atom. The molecule has 0 fully saturated rings. The molecule has 1 atom stereocenters. The predicted octanol–water partition coefficient (Wildman–Crippen LogP) is -1.23. The fourth-order valence-corrected chi connectivity index (χ4v) is 0.817. The standard InChI is InChI=1S/C8H13NO6/c1-14-4-6(10)9-5(8(12)13)3-7(11)15-2/h5H,3-4H2,1-2H3,(H,9,10)(H,12,13). The van der Waals surface area contributed by atoms with E-state index in [9.17, 15) is 14.4 Å². The Morgan fingerprint density at radius 3 is 2.33 bits per heavy atom. The third-order valence-electron chi connectivity index (χ3n) is 1.51. The summed E-state index contributed by atoms with van der Waals surface area (Å²) in [5.74, 6) is -2.61. The van der Waals surface area contributed by atoms with Crippen LogP contribution in [0.15, 0.2) is 0 Å². The monoisotopic (exact) mass is 219 g/mol. The van der Waals surface area contributed by atoms with Crippen LogP contribution in [0.5, 0.6) is 0 Å². The van der Waals surface area contributed by atoms with Gasteiger partial charge in [-0.15, -0.1) is 0 Å². The van der Waals surface area contributed by atoms with Crippen LogP contribution in [0.25, 0.3) is 0 Å². The number of esters is 1. The second-order valence-corrected chi connectivity index (χ2v) is 2.67. The van der Waals surface area contributed by atoms with E-state index in [1.54, 1.807) is 0 Å². The fraction of sp³-hybridized carbons (Fsp3) is 0.625. The first-order valence-corrected chi connectivity index (χ1v) is 4.09. The Kier molecular flexibility index (Phi) is 6.03. The van der Waals surface area contributed by atoms with E-state index in [1.807, 2.05) is 0 Å². The van der Waals surface area contributed by atoms with Crippen molar-refractivity contribution in [3.8, 4) is 0 Å². The second-order valence-electron chi connectivity index (χ2n) is 2.67. The summed E-state index contributed by atoms with van der Waals surface area (Å²) in [6.07, 6.45) is -0.415. The number of ether oxygens (including phenoxy) is 2. The predicted molar refractivity (Wildman–Crippen MR) is 48.1 cm³/mol. The SMILES string of the molecule is COCC(=O)NC(CC(=O)OC)C(=O)O. The van der Waals surface area contributed by atoms with E-state index in [4.69, 9.17) is 5.11 Å². The van der Waals surface area contributed by atoms with Crippen LogP contribution >= 0.6 is 0 Å². The number of methoxy groups -OCH3 is 2. The molecule has 0 aromatic carbocycles. The number of aliphatic carboxylic acids is 1. The van der Waals surface area contributed by atoms with Crippen LogP contribution in [0, 0.1) is 0 Å². The number of hydrogen-bond acceptors (Lipinski definition) is 5. The van der Waals surface area contributed by atoms with E-state index in [-0.39, 0.29) is 6.61 Å². The molecular weight excluding hydrogens is 206 g/mol. The van der Waals surface area contributed by atoms with Gasteiger partial charge in [-0.05, 0) is 0 Å². The molecule has 0 aliphatic heterocycles. The van der Waals surface area contributed by atoms with Crippen molar-refractivity contribution in [2.75, 3.05) is 20.8 Å². The van der Waals surface area contributed by atoms with Gasteiger partial charge in [0.2, 0.25) is 5.91 Å². The summed E-state index contributed by atoms with van der Waals surface area (Å²) in [4.78, 5) is 32.4. The number of nitrogens with one attached hydrogen (secondary N) is 1. The molecule has 0 heterocycles. The Hall–Kier alpha value is -1.63. The molecule has 1 unspecified atom stereocenters. The number of hydrogen-bond donors (Lipinski definition) is 2. The zero-order chi connectivity index (χ0) is 11.8. The molecule has 15 heavy (non-hydrogen) atoms. The van der Waals surface area contributed by atoms with Gasteiger partial charge in [0, 0.05) is 7.11 Å². The summed E-state index contributed by atoms with van der Waals surface area (Å²) in [6, 6.07) is -1.29. The van der Waals surface area contributed by atoms with Crippen molar-refractivity contribution in [3.05, 3.63) is 0 Å². The van der Waals surface area contributed by atoms with Gasteiger partial charge in [-0.3, -0.25) is 9.59 Å². The van der Waals surface area contributed by atoms with Gasteiger partial charge in [0.15, 0.2) is 0 Å². The minimum atomic E-state index is -1.30. The quantitative estimate of drug-likeness (QED) is 0.542. The normalized spacial score (nSPS) is 11.6. The molecule has 0 aliphatic carbocycles. The molecule has 0 bridgehead atoms. The highest BCUT2D eigenvalue weighted by molar-refractivity contribution is 5.87. The van der Waals surface area contributed by atoms with Crippen molar-refractivity contribution in [3.63, 3.8) is 0 Å². The Bertz CT molecular complexity index is 252. The summed E-state index contributed by atoms with van der Waals surface area (Å²) >= 11 is 0. The van der Waals surface area contributed by atoms with Crippen molar-refractivity contribution in [2.45, 2.75) is 12.5 Å². The van der Waals surface area contributed by atoms with E-state index in [2.05, 4.69) is 14.8 Å². The molecular formula is C8H13NO6. The maximum absolute atomic E-state index is 11.0. The fourth-order valence-electron chi connectivity index (χ4n) is 0.817. The number of carbonyl (C=O) groups excluding carboxylic acids is 2. The summed E-state index contributed by atoms with van der Waals surface area (Å²) in [7, 11) is 2.44. The van der Waals surface area contributed by atoms with Gasteiger partial charge >= 0.3 is 11.9 Å². The molecule has 2 N–H and O–H groups in total. The molecule has 86 valence electrons. The van der Waals surface area contributed by atoms with E-state index < -0.39 is 30.3 Å². The third kappa shape index (κ3) is 5.63. The topological polar surface area (TPSA) is 102 Å². The first-order valence-electron chi connectivity index (χ1n) is 4.09. The highest BCUT2D eigenvalue weighted by atomic mass is 16.5.